The van der Waals surface area contributed by atoms with Crippen molar-refractivity contribution in [2.75, 3.05) is 5.32 Å². The molecule has 17 heavy (non-hydrogen) atoms. The lowest BCUT2D eigenvalue weighted by Crippen LogP contribution is -2.23. The van der Waals surface area contributed by atoms with Gasteiger partial charge in [0.2, 0.25) is 5.91 Å². The van der Waals surface area contributed by atoms with Gasteiger partial charge in [-0.05, 0) is 31.4 Å². The number of carbonyl (C=O) groups excluding carboxylic acids is 1. The SMILES string of the molecule is CCCC[C@H](Br)C(=O)Nc1c(C)cccc1C. The fraction of sp³-hybridized carbons (Fsp3) is 0.500. The number of nitrogens with one attached hydrogen (secondary N) is 1. The lowest BCUT2D eigenvalue weighted by atomic mass is 10.1. The summed E-state index contributed by atoms with van der Waals surface area (Å²) in [5, 5.41) is 3.00. The second-order valence-electron chi connectivity index (χ2n) is 4.37. The highest BCUT2D eigenvalue weighted by atomic mass is 79.9. The molecule has 0 radical (unpaired) electrons. The zero-order valence-electron chi connectivity index (χ0n) is 10.7. The number of amides is 1. The Balaban J connectivity index is 2.68. The van der Waals surface area contributed by atoms with E-state index in [4.69, 9.17) is 0 Å². The highest BCUT2D eigenvalue weighted by Crippen LogP contribution is 2.21. The number of rotatable bonds is 5. The smallest absolute Gasteiger partial charge is 0.238 e. The molecule has 0 spiro atoms. The van der Waals surface area contributed by atoms with Gasteiger partial charge in [-0.3, -0.25) is 4.79 Å². The summed E-state index contributed by atoms with van der Waals surface area (Å²) in [7, 11) is 0. The summed E-state index contributed by atoms with van der Waals surface area (Å²) in [4.78, 5) is 11.9. The van der Waals surface area contributed by atoms with E-state index in [1.54, 1.807) is 0 Å². The second-order valence-corrected chi connectivity index (χ2v) is 5.47. The van der Waals surface area contributed by atoms with Gasteiger partial charge < -0.3 is 5.32 Å². The molecule has 1 rings (SSSR count). The Bertz CT molecular complexity index is 370. The molecule has 0 saturated carbocycles. The normalized spacial score (nSPS) is 12.2. The fourth-order valence-corrected chi connectivity index (χ4v) is 2.17. The summed E-state index contributed by atoms with van der Waals surface area (Å²) in [5.74, 6) is 0.0517. The van der Waals surface area contributed by atoms with Gasteiger partial charge in [-0.15, -0.1) is 0 Å². The Hall–Kier alpha value is -0.830. The molecule has 2 nitrogen and oxygen atoms in total. The molecule has 1 aromatic carbocycles. The highest BCUT2D eigenvalue weighted by molar-refractivity contribution is 9.10. The van der Waals surface area contributed by atoms with E-state index < -0.39 is 0 Å². The fourth-order valence-electron chi connectivity index (χ4n) is 1.73. The van der Waals surface area contributed by atoms with Crippen LogP contribution in [-0.4, -0.2) is 10.7 Å². The Labute approximate surface area is 112 Å². The monoisotopic (exact) mass is 297 g/mol. The van der Waals surface area contributed by atoms with E-state index in [1.807, 2.05) is 32.0 Å². The van der Waals surface area contributed by atoms with Gasteiger partial charge in [-0.1, -0.05) is 53.9 Å². The Morgan fingerprint density at radius 2 is 1.94 bits per heavy atom. The number of unbranched alkanes of at least 4 members (excludes halogenated alkanes) is 1. The van der Waals surface area contributed by atoms with Crippen molar-refractivity contribution in [2.24, 2.45) is 0 Å². The Morgan fingerprint density at radius 3 is 2.47 bits per heavy atom. The average Bonchev–Trinajstić information content (AvgIpc) is 2.30. The number of alkyl halides is 1. The predicted octanol–water partition coefficient (Wildman–Crippen LogP) is 4.20. The van der Waals surface area contributed by atoms with Crippen molar-refractivity contribution in [1.29, 1.82) is 0 Å². The number of hydrogen-bond donors (Lipinski definition) is 1. The van der Waals surface area contributed by atoms with Crippen LogP contribution in [-0.2, 0) is 4.79 Å². The Kier molecular flexibility index (Phi) is 5.69. The van der Waals surface area contributed by atoms with Crippen LogP contribution >= 0.6 is 15.9 Å². The van der Waals surface area contributed by atoms with Gasteiger partial charge in [-0.25, -0.2) is 0 Å². The first kappa shape index (κ1) is 14.2. The topological polar surface area (TPSA) is 29.1 Å². The van der Waals surface area contributed by atoms with E-state index in [0.717, 1.165) is 36.1 Å². The van der Waals surface area contributed by atoms with E-state index in [-0.39, 0.29) is 10.7 Å². The lowest BCUT2D eigenvalue weighted by Gasteiger charge is -2.14. The van der Waals surface area contributed by atoms with Crippen LogP contribution in [0.2, 0.25) is 0 Å². The number of halogens is 1. The van der Waals surface area contributed by atoms with Crippen molar-refractivity contribution in [2.45, 2.75) is 44.9 Å². The largest absolute Gasteiger partial charge is 0.325 e. The van der Waals surface area contributed by atoms with Crippen molar-refractivity contribution in [3.05, 3.63) is 29.3 Å². The van der Waals surface area contributed by atoms with Gasteiger partial charge >= 0.3 is 0 Å². The molecule has 3 heteroatoms. The quantitative estimate of drug-likeness (QED) is 0.811. The summed E-state index contributed by atoms with van der Waals surface area (Å²) in [6.07, 6.45) is 3.06. The molecule has 0 aromatic heterocycles. The number of anilines is 1. The molecular formula is C14H20BrNO. The van der Waals surface area contributed by atoms with Crippen LogP contribution in [0, 0.1) is 13.8 Å². The molecule has 1 amide bonds. The van der Waals surface area contributed by atoms with Crippen LogP contribution in [0.4, 0.5) is 5.69 Å². The van der Waals surface area contributed by atoms with Crippen molar-refractivity contribution in [3.63, 3.8) is 0 Å². The summed E-state index contributed by atoms with van der Waals surface area (Å²) in [6, 6.07) is 6.03. The molecule has 0 aliphatic rings. The van der Waals surface area contributed by atoms with Crippen LogP contribution < -0.4 is 5.32 Å². The number of benzene rings is 1. The molecule has 1 aromatic rings. The molecule has 1 atom stereocenters. The molecule has 0 bridgehead atoms. The van der Waals surface area contributed by atoms with Crippen LogP contribution in [0.1, 0.15) is 37.3 Å². The maximum absolute atomic E-state index is 12.0. The van der Waals surface area contributed by atoms with Crippen LogP contribution in [0.3, 0.4) is 0 Å². The molecule has 0 aliphatic heterocycles. The molecule has 0 unspecified atom stereocenters. The number of hydrogen-bond acceptors (Lipinski definition) is 1. The minimum absolute atomic E-state index is 0.0517. The van der Waals surface area contributed by atoms with E-state index in [0.29, 0.717) is 0 Å². The van der Waals surface area contributed by atoms with Crippen LogP contribution in [0.25, 0.3) is 0 Å². The molecule has 94 valence electrons. The molecule has 1 N–H and O–H groups in total. The van der Waals surface area contributed by atoms with E-state index in [1.165, 1.54) is 0 Å². The predicted molar refractivity (Wildman–Crippen MR) is 76.8 cm³/mol. The van der Waals surface area contributed by atoms with Gasteiger partial charge in [0.25, 0.3) is 0 Å². The molecular weight excluding hydrogens is 278 g/mol. The number of para-hydroxylation sites is 1. The third-order valence-electron chi connectivity index (χ3n) is 2.82. The molecule has 0 heterocycles. The van der Waals surface area contributed by atoms with Crippen LogP contribution in [0.15, 0.2) is 18.2 Å². The average molecular weight is 298 g/mol. The third kappa shape index (κ3) is 4.15. The van der Waals surface area contributed by atoms with Gasteiger partial charge in [0.05, 0.1) is 4.83 Å². The number of carbonyl (C=O) groups is 1. The van der Waals surface area contributed by atoms with Gasteiger partial charge in [0, 0.05) is 5.69 Å². The maximum Gasteiger partial charge on any atom is 0.238 e. The summed E-state index contributed by atoms with van der Waals surface area (Å²) < 4.78 is 0. The van der Waals surface area contributed by atoms with Gasteiger partial charge in [0.1, 0.15) is 0 Å². The first-order valence-electron chi connectivity index (χ1n) is 6.07. The zero-order valence-corrected chi connectivity index (χ0v) is 12.3. The minimum atomic E-state index is -0.0959. The first-order chi connectivity index (χ1) is 8.06. The van der Waals surface area contributed by atoms with E-state index in [2.05, 4.69) is 28.2 Å². The van der Waals surface area contributed by atoms with Crippen molar-refractivity contribution in [3.8, 4) is 0 Å². The lowest BCUT2D eigenvalue weighted by molar-refractivity contribution is -0.115. The van der Waals surface area contributed by atoms with E-state index in [9.17, 15) is 4.79 Å². The molecule has 0 saturated heterocycles. The zero-order chi connectivity index (χ0) is 12.8. The number of aryl methyl sites for hydroxylation is 2. The third-order valence-corrected chi connectivity index (χ3v) is 3.70. The van der Waals surface area contributed by atoms with Crippen LogP contribution in [0.5, 0.6) is 0 Å². The molecule has 0 aliphatic carbocycles. The van der Waals surface area contributed by atoms with Crippen molar-refractivity contribution in [1.82, 2.24) is 0 Å². The van der Waals surface area contributed by atoms with Gasteiger partial charge in [-0.2, -0.15) is 0 Å². The first-order valence-corrected chi connectivity index (χ1v) is 6.99. The summed E-state index contributed by atoms with van der Waals surface area (Å²) >= 11 is 3.44. The summed E-state index contributed by atoms with van der Waals surface area (Å²) in [5.41, 5.74) is 3.15. The minimum Gasteiger partial charge on any atom is -0.325 e. The molecule has 0 fully saturated rings. The van der Waals surface area contributed by atoms with Crippen molar-refractivity contribution >= 4 is 27.5 Å². The highest BCUT2D eigenvalue weighted by Gasteiger charge is 2.15. The standard InChI is InChI=1S/C14H20BrNO/c1-4-5-9-12(15)14(17)16-13-10(2)7-6-8-11(13)3/h6-8,12H,4-5,9H2,1-3H3,(H,16,17)/t12-/m0/s1. The van der Waals surface area contributed by atoms with Crippen molar-refractivity contribution < 1.29 is 4.79 Å². The van der Waals surface area contributed by atoms with E-state index >= 15 is 0 Å². The maximum atomic E-state index is 12.0. The summed E-state index contributed by atoms with van der Waals surface area (Å²) in [6.45, 7) is 6.15. The van der Waals surface area contributed by atoms with Gasteiger partial charge in [0.15, 0.2) is 0 Å². The Morgan fingerprint density at radius 1 is 1.35 bits per heavy atom. The second kappa shape index (κ2) is 6.80.